The SMILES string of the molecule is CCCC(O)C(CC)N1CCC(CC)(CC)CC1. The van der Waals surface area contributed by atoms with E-state index in [1.54, 1.807) is 0 Å². The fourth-order valence-corrected chi connectivity index (χ4v) is 3.55. The smallest absolute Gasteiger partial charge is 0.0695 e. The van der Waals surface area contributed by atoms with Gasteiger partial charge in [0, 0.05) is 6.04 Å². The molecule has 1 saturated heterocycles. The average molecular weight is 255 g/mol. The maximum atomic E-state index is 10.3. The Morgan fingerprint density at radius 3 is 2.00 bits per heavy atom. The molecule has 0 aromatic rings. The van der Waals surface area contributed by atoms with Crippen LogP contribution >= 0.6 is 0 Å². The summed E-state index contributed by atoms with van der Waals surface area (Å²) < 4.78 is 0. The second-order valence-electron chi connectivity index (χ2n) is 6.07. The molecule has 1 heterocycles. The Morgan fingerprint density at radius 2 is 1.61 bits per heavy atom. The summed E-state index contributed by atoms with van der Waals surface area (Å²) in [5.74, 6) is 0. The van der Waals surface area contributed by atoms with E-state index in [2.05, 4.69) is 32.6 Å². The molecule has 2 unspecified atom stereocenters. The standard InChI is InChI=1S/C16H33NO/c1-5-9-15(18)14(6-2)17-12-10-16(7-3,8-4)11-13-17/h14-15,18H,5-13H2,1-4H3. The van der Waals surface area contributed by atoms with E-state index in [0.717, 1.165) is 19.3 Å². The quantitative estimate of drug-likeness (QED) is 0.747. The molecule has 0 aromatic heterocycles. The van der Waals surface area contributed by atoms with Gasteiger partial charge in [0.15, 0.2) is 0 Å². The van der Waals surface area contributed by atoms with Crippen molar-refractivity contribution >= 4 is 0 Å². The van der Waals surface area contributed by atoms with E-state index in [9.17, 15) is 5.11 Å². The number of hydrogen-bond acceptors (Lipinski definition) is 2. The summed E-state index contributed by atoms with van der Waals surface area (Å²) in [6.45, 7) is 11.4. The molecule has 18 heavy (non-hydrogen) atoms. The number of nitrogens with zero attached hydrogens (tertiary/aromatic N) is 1. The van der Waals surface area contributed by atoms with Crippen molar-refractivity contribution in [1.29, 1.82) is 0 Å². The molecule has 1 N–H and O–H groups in total. The minimum Gasteiger partial charge on any atom is -0.391 e. The van der Waals surface area contributed by atoms with Crippen LogP contribution in [0.15, 0.2) is 0 Å². The van der Waals surface area contributed by atoms with E-state index in [1.807, 2.05) is 0 Å². The molecule has 0 aromatic carbocycles. The monoisotopic (exact) mass is 255 g/mol. The maximum Gasteiger partial charge on any atom is 0.0695 e. The largest absolute Gasteiger partial charge is 0.391 e. The molecular weight excluding hydrogens is 222 g/mol. The Kier molecular flexibility index (Phi) is 6.65. The fourth-order valence-electron chi connectivity index (χ4n) is 3.55. The highest BCUT2D eigenvalue weighted by Gasteiger charge is 2.34. The van der Waals surface area contributed by atoms with Crippen molar-refractivity contribution in [2.75, 3.05) is 13.1 Å². The predicted molar refractivity (Wildman–Crippen MR) is 78.8 cm³/mol. The molecule has 0 bridgehead atoms. The van der Waals surface area contributed by atoms with Gasteiger partial charge in [-0.05, 0) is 44.2 Å². The van der Waals surface area contributed by atoms with Crippen molar-refractivity contribution in [2.45, 2.75) is 84.8 Å². The summed E-state index contributed by atoms with van der Waals surface area (Å²) in [6.07, 6.45) is 8.23. The Bertz CT molecular complexity index is 215. The zero-order valence-corrected chi connectivity index (χ0v) is 12.9. The van der Waals surface area contributed by atoms with Crippen LogP contribution in [0.2, 0.25) is 0 Å². The molecule has 1 fully saturated rings. The zero-order chi connectivity index (χ0) is 13.6. The van der Waals surface area contributed by atoms with Crippen LogP contribution in [0.1, 0.15) is 72.6 Å². The predicted octanol–water partition coefficient (Wildman–Crippen LogP) is 3.83. The van der Waals surface area contributed by atoms with Gasteiger partial charge in [0.2, 0.25) is 0 Å². The highest BCUT2D eigenvalue weighted by atomic mass is 16.3. The van der Waals surface area contributed by atoms with E-state index in [1.165, 1.54) is 38.8 Å². The van der Waals surface area contributed by atoms with E-state index in [0.29, 0.717) is 11.5 Å². The maximum absolute atomic E-state index is 10.3. The second kappa shape index (κ2) is 7.49. The molecule has 0 aliphatic carbocycles. The zero-order valence-electron chi connectivity index (χ0n) is 12.9. The van der Waals surface area contributed by atoms with E-state index < -0.39 is 0 Å². The Morgan fingerprint density at radius 1 is 1.06 bits per heavy atom. The van der Waals surface area contributed by atoms with Gasteiger partial charge in [-0.15, -0.1) is 0 Å². The summed E-state index contributed by atoms with van der Waals surface area (Å²) in [5.41, 5.74) is 0.588. The summed E-state index contributed by atoms with van der Waals surface area (Å²) >= 11 is 0. The van der Waals surface area contributed by atoms with Gasteiger partial charge in [-0.25, -0.2) is 0 Å². The van der Waals surface area contributed by atoms with Crippen molar-refractivity contribution in [3.8, 4) is 0 Å². The van der Waals surface area contributed by atoms with Crippen molar-refractivity contribution in [3.05, 3.63) is 0 Å². The first-order chi connectivity index (χ1) is 8.62. The van der Waals surface area contributed by atoms with Gasteiger partial charge in [-0.3, -0.25) is 4.90 Å². The summed E-state index contributed by atoms with van der Waals surface area (Å²) in [6, 6.07) is 0.386. The lowest BCUT2D eigenvalue weighted by atomic mass is 9.74. The van der Waals surface area contributed by atoms with Crippen LogP contribution < -0.4 is 0 Å². The van der Waals surface area contributed by atoms with Crippen molar-refractivity contribution in [2.24, 2.45) is 5.41 Å². The second-order valence-corrected chi connectivity index (χ2v) is 6.07. The lowest BCUT2D eigenvalue weighted by Crippen LogP contribution is -2.49. The molecule has 0 spiro atoms. The van der Waals surface area contributed by atoms with Crippen molar-refractivity contribution in [3.63, 3.8) is 0 Å². The van der Waals surface area contributed by atoms with Gasteiger partial charge < -0.3 is 5.11 Å². The van der Waals surface area contributed by atoms with Gasteiger partial charge in [0.1, 0.15) is 0 Å². The molecule has 0 saturated carbocycles. The number of aliphatic hydroxyl groups is 1. The first kappa shape index (κ1) is 16.0. The third kappa shape index (κ3) is 3.71. The molecule has 0 amide bonds. The van der Waals surface area contributed by atoms with Crippen LogP contribution in [0.25, 0.3) is 0 Å². The van der Waals surface area contributed by atoms with Crippen LogP contribution in [-0.2, 0) is 0 Å². The average Bonchev–Trinajstić information content (AvgIpc) is 2.41. The molecule has 2 heteroatoms. The van der Waals surface area contributed by atoms with E-state index in [-0.39, 0.29) is 6.10 Å². The van der Waals surface area contributed by atoms with Crippen LogP contribution in [0, 0.1) is 5.41 Å². The Labute approximate surface area is 114 Å². The third-order valence-electron chi connectivity index (χ3n) is 5.27. The van der Waals surface area contributed by atoms with Crippen LogP contribution in [-0.4, -0.2) is 35.2 Å². The summed E-state index contributed by atoms with van der Waals surface area (Å²) in [7, 11) is 0. The lowest BCUT2D eigenvalue weighted by Gasteiger charge is -2.45. The van der Waals surface area contributed by atoms with Gasteiger partial charge in [-0.2, -0.15) is 0 Å². The number of rotatable bonds is 7. The minimum absolute atomic E-state index is 0.129. The molecule has 2 nitrogen and oxygen atoms in total. The van der Waals surface area contributed by atoms with Gasteiger partial charge in [-0.1, -0.05) is 47.0 Å². The van der Waals surface area contributed by atoms with Gasteiger partial charge in [0.25, 0.3) is 0 Å². The molecule has 108 valence electrons. The highest BCUT2D eigenvalue weighted by Crippen LogP contribution is 2.38. The molecule has 0 radical (unpaired) electrons. The fraction of sp³-hybridized carbons (Fsp3) is 1.00. The highest BCUT2D eigenvalue weighted by molar-refractivity contribution is 4.88. The van der Waals surface area contributed by atoms with E-state index in [4.69, 9.17) is 0 Å². The number of likely N-dealkylation sites (tertiary alicyclic amines) is 1. The summed E-state index contributed by atoms with van der Waals surface area (Å²) in [4.78, 5) is 2.55. The number of hydrogen-bond donors (Lipinski definition) is 1. The number of piperidine rings is 1. The van der Waals surface area contributed by atoms with E-state index >= 15 is 0 Å². The van der Waals surface area contributed by atoms with Crippen molar-refractivity contribution < 1.29 is 5.11 Å². The van der Waals surface area contributed by atoms with Crippen LogP contribution in [0.3, 0.4) is 0 Å². The van der Waals surface area contributed by atoms with Crippen molar-refractivity contribution in [1.82, 2.24) is 4.90 Å². The molecular formula is C16H33NO. The Balaban J connectivity index is 2.54. The first-order valence-corrected chi connectivity index (χ1v) is 8.04. The lowest BCUT2D eigenvalue weighted by molar-refractivity contribution is 0.000537. The Hall–Kier alpha value is -0.0800. The summed E-state index contributed by atoms with van der Waals surface area (Å²) in [5, 5.41) is 10.3. The normalized spacial score (nSPS) is 23.8. The molecule has 1 aliphatic rings. The molecule has 1 aliphatic heterocycles. The molecule has 2 atom stereocenters. The third-order valence-corrected chi connectivity index (χ3v) is 5.27. The molecule has 1 rings (SSSR count). The number of aliphatic hydroxyl groups excluding tert-OH is 1. The topological polar surface area (TPSA) is 23.5 Å². The van der Waals surface area contributed by atoms with Gasteiger partial charge >= 0.3 is 0 Å². The van der Waals surface area contributed by atoms with Crippen LogP contribution in [0.4, 0.5) is 0 Å². The van der Waals surface area contributed by atoms with Crippen LogP contribution in [0.5, 0.6) is 0 Å². The minimum atomic E-state index is -0.129. The first-order valence-electron chi connectivity index (χ1n) is 8.04. The van der Waals surface area contributed by atoms with Gasteiger partial charge in [0.05, 0.1) is 6.10 Å².